The van der Waals surface area contributed by atoms with Gasteiger partial charge in [-0.3, -0.25) is 4.79 Å². The number of H-pyrrole nitrogens is 1. The summed E-state index contributed by atoms with van der Waals surface area (Å²) in [4.78, 5) is 27.8. The zero-order valence-corrected chi connectivity index (χ0v) is 15.8. The molecule has 28 heavy (non-hydrogen) atoms. The Kier molecular flexibility index (Phi) is 4.56. The van der Waals surface area contributed by atoms with Gasteiger partial charge in [-0.1, -0.05) is 11.6 Å². The molecular formula is C19H16ClFN6O. The minimum Gasteiger partial charge on any atom is -0.347 e. The Morgan fingerprint density at radius 3 is 2.89 bits per heavy atom. The first-order chi connectivity index (χ1) is 13.4. The second kappa shape index (κ2) is 7.05. The van der Waals surface area contributed by atoms with E-state index >= 15 is 0 Å². The molecule has 9 heteroatoms. The number of rotatable bonds is 4. The number of halogens is 2. The number of imidazole rings is 1. The van der Waals surface area contributed by atoms with Crippen molar-refractivity contribution >= 4 is 28.5 Å². The minimum atomic E-state index is -0.570. The third-order valence-corrected chi connectivity index (χ3v) is 4.66. The van der Waals surface area contributed by atoms with Gasteiger partial charge >= 0.3 is 0 Å². The fraction of sp³-hybridized carbons (Fsp3) is 0.158. The Labute approximate surface area is 164 Å². The summed E-state index contributed by atoms with van der Waals surface area (Å²) in [6.45, 7) is 1.80. The van der Waals surface area contributed by atoms with Crippen molar-refractivity contribution in [3.05, 3.63) is 69.7 Å². The molecule has 0 aliphatic carbocycles. The molecule has 4 aromatic rings. The molecule has 0 radical (unpaired) electrons. The molecule has 0 bridgehead atoms. The van der Waals surface area contributed by atoms with Crippen LogP contribution in [-0.4, -0.2) is 24.5 Å². The summed E-state index contributed by atoms with van der Waals surface area (Å²) in [5.41, 5.74) is 1.69. The van der Waals surface area contributed by atoms with E-state index in [1.165, 1.54) is 6.07 Å². The molecule has 7 nitrogen and oxygen atoms in total. The normalized spacial score (nSPS) is 12.3. The van der Waals surface area contributed by atoms with Crippen molar-refractivity contribution in [1.29, 1.82) is 0 Å². The Morgan fingerprint density at radius 1 is 1.32 bits per heavy atom. The van der Waals surface area contributed by atoms with Crippen LogP contribution in [0.3, 0.4) is 0 Å². The van der Waals surface area contributed by atoms with Crippen molar-refractivity contribution in [1.82, 2.24) is 24.5 Å². The summed E-state index contributed by atoms with van der Waals surface area (Å²) in [6.07, 6.45) is 5.03. The van der Waals surface area contributed by atoms with E-state index in [0.29, 0.717) is 22.6 Å². The zero-order chi connectivity index (χ0) is 19.8. The second-order valence-electron chi connectivity index (χ2n) is 6.43. The second-order valence-corrected chi connectivity index (χ2v) is 6.86. The van der Waals surface area contributed by atoms with Crippen LogP contribution in [0.2, 0.25) is 5.02 Å². The van der Waals surface area contributed by atoms with E-state index in [-0.39, 0.29) is 10.5 Å². The van der Waals surface area contributed by atoms with Crippen molar-refractivity contribution in [3.8, 4) is 11.4 Å². The van der Waals surface area contributed by atoms with Gasteiger partial charge in [0.1, 0.15) is 5.82 Å². The molecule has 1 atom stereocenters. The van der Waals surface area contributed by atoms with E-state index in [4.69, 9.17) is 11.6 Å². The molecule has 3 heterocycles. The number of aryl methyl sites for hydroxylation is 1. The van der Waals surface area contributed by atoms with Crippen molar-refractivity contribution < 1.29 is 4.39 Å². The van der Waals surface area contributed by atoms with Gasteiger partial charge in [0.25, 0.3) is 5.56 Å². The van der Waals surface area contributed by atoms with Crippen LogP contribution < -0.4 is 10.9 Å². The Balaban J connectivity index is 1.67. The molecule has 0 aliphatic rings. The summed E-state index contributed by atoms with van der Waals surface area (Å²) in [5, 5.41) is 3.89. The van der Waals surface area contributed by atoms with Crippen molar-refractivity contribution in [2.24, 2.45) is 7.05 Å². The van der Waals surface area contributed by atoms with Gasteiger partial charge in [0.2, 0.25) is 5.95 Å². The minimum absolute atomic E-state index is 0.125. The highest BCUT2D eigenvalue weighted by Gasteiger charge is 2.15. The number of aromatic amines is 1. The maximum absolute atomic E-state index is 14.0. The van der Waals surface area contributed by atoms with Crippen LogP contribution in [0.5, 0.6) is 0 Å². The number of hydrogen-bond acceptors (Lipinski definition) is 5. The molecule has 0 spiro atoms. The van der Waals surface area contributed by atoms with Gasteiger partial charge in [-0.05, 0) is 31.2 Å². The Morgan fingerprint density at radius 2 is 2.14 bits per heavy atom. The first kappa shape index (κ1) is 18.1. The largest absolute Gasteiger partial charge is 0.347 e. The van der Waals surface area contributed by atoms with E-state index in [1.807, 2.05) is 11.6 Å². The summed E-state index contributed by atoms with van der Waals surface area (Å²) >= 11 is 5.93. The van der Waals surface area contributed by atoms with Gasteiger partial charge in [-0.15, -0.1) is 0 Å². The summed E-state index contributed by atoms with van der Waals surface area (Å²) in [6, 6.07) is 5.74. The van der Waals surface area contributed by atoms with Crippen LogP contribution in [0.4, 0.5) is 10.3 Å². The maximum atomic E-state index is 14.0. The molecule has 0 saturated heterocycles. The van der Waals surface area contributed by atoms with Crippen molar-refractivity contribution in [2.45, 2.75) is 13.0 Å². The molecule has 142 valence electrons. The number of benzene rings is 1. The number of nitrogens with zero attached hydrogens (tertiary/aromatic N) is 4. The SMILES string of the molecule is C[C@H](Nc1nccc(-c2cncn2C)n1)c1cc2cc(Cl)cc(F)c2[nH]c1=O. The standard InChI is InChI=1S/C19H16ClFN6O/c1-10(13-6-11-5-12(20)7-14(21)17(11)26-18(13)28)24-19-23-4-3-15(25-19)16-8-22-9-27(16)2/h3-10H,1-2H3,(H,26,28)(H,23,24,25)/t10-/m0/s1. The summed E-state index contributed by atoms with van der Waals surface area (Å²) in [5.74, 6) is -0.207. The molecule has 0 amide bonds. The smallest absolute Gasteiger partial charge is 0.253 e. The third kappa shape index (κ3) is 3.34. The Hall–Kier alpha value is -3.26. The fourth-order valence-corrected chi connectivity index (χ4v) is 3.24. The average Bonchev–Trinajstić information content (AvgIpc) is 3.08. The van der Waals surface area contributed by atoms with E-state index in [1.54, 1.807) is 43.8 Å². The molecule has 0 aliphatic heterocycles. The number of pyridine rings is 1. The summed E-state index contributed by atoms with van der Waals surface area (Å²) in [7, 11) is 1.87. The van der Waals surface area contributed by atoms with Gasteiger partial charge < -0.3 is 14.9 Å². The molecule has 0 saturated carbocycles. The topological polar surface area (TPSA) is 88.5 Å². The van der Waals surface area contributed by atoms with E-state index < -0.39 is 17.4 Å². The lowest BCUT2D eigenvalue weighted by atomic mass is 10.1. The number of aromatic nitrogens is 5. The number of nitrogens with one attached hydrogen (secondary N) is 2. The van der Waals surface area contributed by atoms with E-state index in [2.05, 4.69) is 25.3 Å². The fourth-order valence-electron chi connectivity index (χ4n) is 3.03. The average molecular weight is 399 g/mol. The van der Waals surface area contributed by atoms with Crippen molar-refractivity contribution in [2.75, 3.05) is 5.32 Å². The third-order valence-electron chi connectivity index (χ3n) is 4.44. The van der Waals surface area contributed by atoms with Gasteiger partial charge in [0.15, 0.2) is 0 Å². The number of anilines is 1. The van der Waals surface area contributed by atoms with Gasteiger partial charge in [0, 0.05) is 29.2 Å². The lowest BCUT2D eigenvalue weighted by Crippen LogP contribution is -2.20. The first-order valence-corrected chi connectivity index (χ1v) is 8.88. The highest BCUT2D eigenvalue weighted by atomic mass is 35.5. The van der Waals surface area contributed by atoms with Gasteiger partial charge in [0.05, 0.1) is 35.5 Å². The molecule has 0 unspecified atom stereocenters. The van der Waals surface area contributed by atoms with Crippen LogP contribution in [0.25, 0.3) is 22.3 Å². The lowest BCUT2D eigenvalue weighted by Gasteiger charge is -2.15. The molecule has 4 rings (SSSR count). The van der Waals surface area contributed by atoms with Crippen LogP contribution in [0, 0.1) is 5.82 Å². The monoisotopic (exact) mass is 398 g/mol. The molecule has 1 aromatic carbocycles. The molecular weight excluding hydrogens is 383 g/mol. The molecule has 2 N–H and O–H groups in total. The van der Waals surface area contributed by atoms with Crippen LogP contribution in [0.15, 0.2) is 47.8 Å². The van der Waals surface area contributed by atoms with Crippen LogP contribution >= 0.6 is 11.6 Å². The highest BCUT2D eigenvalue weighted by molar-refractivity contribution is 6.31. The van der Waals surface area contributed by atoms with Crippen molar-refractivity contribution in [3.63, 3.8) is 0 Å². The highest BCUT2D eigenvalue weighted by Crippen LogP contribution is 2.24. The van der Waals surface area contributed by atoms with E-state index in [9.17, 15) is 9.18 Å². The quantitative estimate of drug-likeness (QED) is 0.547. The predicted octanol–water partition coefficient (Wildman–Crippen LogP) is 3.68. The van der Waals surface area contributed by atoms with Crippen LogP contribution in [0.1, 0.15) is 18.5 Å². The number of fused-ring (bicyclic) bond motifs is 1. The predicted molar refractivity (Wildman–Crippen MR) is 106 cm³/mol. The molecule has 0 fully saturated rings. The molecule has 3 aromatic heterocycles. The first-order valence-electron chi connectivity index (χ1n) is 8.50. The Bertz CT molecular complexity index is 1230. The number of hydrogen-bond donors (Lipinski definition) is 2. The van der Waals surface area contributed by atoms with Gasteiger partial charge in [-0.2, -0.15) is 0 Å². The summed E-state index contributed by atoms with van der Waals surface area (Å²) < 4.78 is 15.9. The maximum Gasteiger partial charge on any atom is 0.253 e. The van der Waals surface area contributed by atoms with Gasteiger partial charge in [-0.25, -0.2) is 19.3 Å². The zero-order valence-electron chi connectivity index (χ0n) is 15.1. The lowest BCUT2D eigenvalue weighted by molar-refractivity contribution is 0.636. The van der Waals surface area contributed by atoms with Crippen LogP contribution in [-0.2, 0) is 7.05 Å². The van der Waals surface area contributed by atoms with E-state index in [0.717, 1.165) is 5.69 Å².